The van der Waals surface area contributed by atoms with E-state index in [9.17, 15) is 18.0 Å². The maximum Gasteiger partial charge on any atom is 0.416 e. The van der Waals surface area contributed by atoms with Crippen LogP contribution in [0.15, 0.2) is 0 Å². The molecule has 0 spiro atoms. The molecule has 2 aromatic heterocycles. The van der Waals surface area contributed by atoms with E-state index in [2.05, 4.69) is 25.7 Å². The summed E-state index contributed by atoms with van der Waals surface area (Å²) in [6, 6.07) is 0. The second-order valence-electron chi connectivity index (χ2n) is 9.30. The third-order valence-electron chi connectivity index (χ3n) is 3.74. The van der Waals surface area contributed by atoms with Gasteiger partial charge in [0.05, 0.1) is 11.5 Å². The predicted octanol–water partition coefficient (Wildman–Crippen LogP) is 3.31. The van der Waals surface area contributed by atoms with Crippen molar-refractivity contribution in [3.63, 3.8) is 0 Å². The highest BCUT2D eigenvalue weighted by Gasteiger charge is 2.24. The second-order valence-corrected chi connectivity index (χ2v) is 13.7. The molecule has 0 atom stereocenters. The zero-order valence-electron chi connectivity index (χ0n) is 20.2. The first-order chi connectivity index (χ1) is 15.5. The molecule has 0 radical (unpaired) electrons. The number of hydrogen-bond acceptors (Lipinski definition) is 12. The summed E-state index contributed by atoms with van der Waals surface area (Å²) in [6.07, 6.45) is -0.889. The second kappa shape index (κ2) is 10.9. The maximum atomic E-state index is 12.5. The van der Waals surface area contributed by atoms with Gasteiger partial charge in [0.1, 0.15) is 21.2 Å². The zero-order chi connectivity index (χ0) is 25.7. The Bertz CT molecular complexity index is 1100. The van der Waals surface area contributed by atoms with Gasteiger partial charge in [0.2, 0.25) is 10.3 Å². The van der Waals surface area contributed by atoms with Crippen molar-refractivity contribution < 1.29 is 27.5 Å². The summed E-state index contributed by atoms with van der Waals surface area (Å²) in [4.78, 5) is 25.2. The molecule has 0 saturated carbocycles. The number of nitrogens with zero attached hydrogens (tertiary/aromatic N) is 5. The summed E-state index contributed by atoms with van der Waals surface area (Å²) >= 11 is 2.22. The van der Waals surface area contributed by atoms with Gasteiger partial charge < -0.3 is 9.47 Å². The average molecular weight is 535 g/mol. The molecule has 0 unspecified atom stereocenters. The predicted molar refractivity (Wildman–Crippen MR) is 130 cm³/mol. The van der Waals surface area contributed by atoms with Crippen molar-refractivity contribution in [1.82, 2.24) is 20.4 Å². The molecular weight excluding hydrogens is 504 g/mol. The van der Waals surface area contributed by atoms with E-state index in [-0.39, 0.29) is 29.5 Å². The lowest BCUT2D eigenvalue weighted by atomic mass is 10.2. The van der Waals surface area contributed by atoms with Gasteiger partial charge in [-0.15, -0.1) is 20.4 Å². The zero-order valence-corrected chi connectivity index (χ0v) is 22.7. The number of aryl methyl sites for hydroxylation is 2. The van der Waals surface area contributed by atoms with Crippen LogP contribution in [0.3, 0.4) is 0 Å². The lowest BCUT2D eigenvalue weighted by Crippen LogP contribution is -2.34. The standard InChI is InChI=1S/C19H30N6O6S3/c1-18(2,3)30-16(26)20-14-23-21-12(32-14)8-10-34(28,29)11-9-13-22-24-15(33-13)25(7)17(27)31-19(4,5)6/h8-11H2,1-7H3,(H,20,23,26). The molecule has 2 amide bonds. The van der Waals surface area contributed by atoms with Gasteiger partial charge in [-0.2, -0.15) is 0 Å². The molecule has 0 aromatic carbocycles. The highest BCUT2D eigenvalue weighted by Crippen LogP contribution is 2.22. The summed E-state index contributed by atoms with van der Waals surface area (Å²) in [6.45, 7) is 10.5. The fourth-order valence-electron chi connectivity index (χ4n) is 2.27. The highest BCUT2D eigenvalue weighted by atomic mass is 32.2. The number of carbonyl (C=O) groups excluding carboxylic acids is 2. The maximum absolute atomic E-state index is 12.5. The van der Waals surface area contributed by atoms with Crippen molar-refractivity contribution in [2.24, 2.45) is 0 Å². The first-order valence-electron chi connectivity index (χ1n) is 10.3. The number of hydrogen-bond donors (Lipinski definition) is 1. The van der Waals surface area contributed by atoms with E-state index < -0.39 is 33.2 Å². The molecule has 0 aliphatic carbocycles. The minimum Gasteiger partial charge on any atom is -0.444 e. The molecule has 0 aliphatic rings. The number of carbonyl (C=O) groups is 2. The fourth-order valence-corrected chi connectivity index (χ4v) is 5.26. The highest BCUT2D eigenvalue weighted by molar-refractivity contribution is 7.91. The van der Waals surface area contributed by atoms with Crippen molar-refractivity contribution in [1.29, 1.82) is 0 Å². The van der Waals surface area contributed by atoms with Crippen molar-refractivity contribution >= 4 is 55.0 Å². The van der Waals surface area contributed by atoms with Crippen LogP contribution in [0.25, 0.3) is 0 Å². The monoisotopic (exact) mass is 534 g/mol. The van der Waals surface area contributed by atoms with Crippen molar-refractivity contribution in [2.45, 2.75) is 65.6 Å². The largest absolute Gasteiger partial charge is 0.444 e. The number of amides is 2. The minimum atomic E-state index is -3.41. The first-order valence-corrected chi connectivity index (χ1v) is 13.8. The van der Waals surface area contributed by atoms with E-state index in [1.54, 1.807) is 41.5 Å². The van der Waals surface area contributed by atoms with E-state index in [4.69, 9.17) is 9.47 Å². The summed E-state index contributed by atoms with van der Waals surface area (Å²) < 4.78 is 35.4. The van der Waals surface area contributed by atoms with E-state index in [0.717, 1.165) is 22.7 Å². The lowest BCUT2D eigenvalue weighted by molar-refractivity contribution is 0.0586. The Morgan fingerprint density at radius 1 is 0.882 bits per heavy atom. The normalized spacial score (nSPS) is 12.3. The molecule has 0 bridgehead atoms. The van der Waals surface area contributed by atoms with Crippen LogP contribution >= 0.6 is 22.7 Å². The van der Waals surface area contributed by atoms with E-state index >= 15 is 0 Å². The molecule has 190 valence electrons. The number of nitrogens with one attached hydrogen (secondary N) is 1. The SMILES string of the molecule is CN(C(=O)OC(C)(C)C)c1nnc(CCS(=O)(=O)CCc2nnc(NC(=O)OC(C)(C)C)s2)s1. The van der Waals surface area contributed by atoms with Crippen LogP contribution in [-0.4, -0.2) is 70.8 Å². The van der Waals surface area contributed by atoms with Gasteiger partial charge in [0.15, 0.2) is 9.84 Å². The third-order valence-corrected chi connectivity index (χ3v) is 7.35. The minimum absolute atomic E-state index is 0.125. The Kier molecular flexibility index (Phi) is 8.93. The Labute approximate surface area is 207 Å². The van der Waals surface area contributed by atoms with Gasteiger partial charge in [-0.25, -0.2) is 18.0 Å². The Morgan fingerprint density at radius 3 is 1.97 bits per heavy atom. The molecule has 12 nitrogen and oxygen atoms in total. The molecule has 0 fully saturated rings. The number of anilines is 2. The Hall–Kier alpha value is -2.39. The number of aromatic nitrogens is 4. The first kappa shape index (κ1) is 27.9. The van der Waals surface area contributed by atoms with E-state index in [1.165, 1.54) is 11.9 Å². The van der Waals surface area contributed by atoms with Crippen LogP contribution < -0.4 is 10.2 Å². The van der Waals surface area contributed by atoms with Crippen LogP contribution in [0.1, 0.15) is 51.6 Å². The van der Waals surface area contributed by atoms with E-state index in [1.807, 2.05) is 0 Å². The van der Waals surface area contributed by atoms with Crippen LogP contribution in [0, 0.1) is 0 Å². The summed E-state index contributed by atoms with van der Waals surface area (Å²) in [5.41, 5.74) is -1.29. The molecule has 2 rings (SSSR count). The van der Waals surface area contributed by atoms with Crippen molar-refractivity contribution in [3.05, 3.63) is 10.0 Å². The summed E-state index contributed by atoms with van der Waals surface area (Å²) in [5, 5.41) is 19.7. The fraction of sp³-hybridized carbons (Fsp3) is 0.684. The average Bonchev–Trinajstić information content (AvgIpc) is 3.31. The topological polar surface area (TPSA) is 154 Å². The van der Waals surface area contributed by atoms with Crippen molar-refractivity contribution in [3.8, 4) is 0 Å². The number of rotatable bonds is 8. The van der Waals surface area contributed by atoms with Gasteiger partial charge in [0.25, 0.3) is 0 Å². The van der Waals surface area contributed by atoms with Crippen LogP contribution in [-0.2, 0) is 32.2 Å². The van der Waals surface area contributed by atoms with Gasteiger partial charge in [-0.1, -0.05) is 22.7 Å². The van der Waals surface area contributed by atoms with Crippen LogP contribution in [0.5, 0.6) is 0 Å². The molecule has 1 N–H and O–H groups in total. The van der Waals surface area contributed by atoms with Gasteiger partial charge >= 0.3 is 12.2 Å². The molecule has 2 heterocycles. The Morgan fingerprint density at radius 2 is 1.41 bits per heavy atom. The third kappa shape index (κ3) is 9.85. The Balaban J connectivity index is 1.84. The van der Waals surface area contributed by atoms with Gasteiger partial charge in [-0.05, 0) is 41.5 Å². The molecular formula is C19H30N6O6S3. The number of sulfone groups is 1. The van der Waals surface area contributed by atoms with Crippen LogP contribution in [0.4, 0.5) is 19.9 Å². The summed E-state index contributed by atoms with van der Waals surface area (Å²) in [7, 11) is -1.89. The van der Waals surface area contributed by atoms with Crippen LogP contribution in [0.2, 0.25) is 0 Å². The molecule has 15 heteroatoms. The molecule has 2 aromatic rings. The quantitative estimate of drug-likeness (QED) is 0.533. The molecule has 0 saturated heterocycles. The summed E-state index contributed by atoms with van der Waals surface area (Å²) in [5.74, 6) is -0.253. The molecule has 34 heavy (non-hydrogen) atoms. The smallest absolute Gasteiger partial charge is 0.416 e. The molecule has 0 aliphatic heterocycles. The van der Waals surface area contributed by atoms with Gasteiger partial charge in [-0.3, -0.25) is 10.2 Å². The van der Waals surface area contributed by atoms with Crippen molar-refractivity contribution in [2.75, 3.05) is 28.8 Å². The number of ether oxygens (including phenoxy) is 2. The van der Waals surface area contributed by atoms with E-state index in [0.29, 0.717) is 15.1 Å². The lowest BCUT2D eigenvalue weighted by Gasteiger charge is -2.22. The van der Waals surface area contributed by atoms with Gasteiger partial charge in [0, 0.05) is 19.9 Å².